The van der Waals surface area contributed by atoms with Crippen LogP contribution in [0.2, 0.25) is 0 Å². The largest absolute Gasteiger partial charge is 0.342 e. The van der Waals surface area contributed by atoms with Gasteiger partial charge in [-0.1, -0.05) is 13.8 Å². The minimum Gasteiger partial charge on any atom is -0.342 e. The average Bonchev–Trinajstić information content (AvgIpc) is 2.25. The normalized spacial score (nSPS) is 20.8. The van der Waals surface area contributed by atoms with Crippen molar-refractivity contribution in [1.82, 2.24) is 4.90 Å². The molecule has 13 heavy (non-hydrogen) atoms. The predicted molar refractivity (Wildman–Crippen MR) is 50.3 cm³/mol. The van der Waals surface area contributed by atoms with E-state index in [2.05, 4.69) is 0 Å². The van der Waals surface area contributed by atoms with Gasteiger partial charge >= 0.3 is 0 Å². The first-order valence-corrected chi connectivity index (χ1v) is 4.72. The minimum absolute atomic E-state index is 0.150. The summed E-state index contributed by atoms with van der Waals surface area (Å²) in [5, 5.41) is 0. The van der Waals surface area contributed by atoms with Crippen LogP contribution >= 0.6 is 0 Å². The van der Waals surface area contributed by atoms with Crippen molar-refractivity contribution in [2.45, 2.75) is 33.6 Å². The number of carbonyl (C=O) groups is 2. The van der Waals surface area contributed by atoms with Gasteiger partial charge in [0, 0.05) is 24.9 Å². The lowest BCUT2D eigenvalue weighted by Crippen LogP contribution is -2.32. The molecule has 3 heteroatoms. The maximum atomic E-state index is 11.7. The van der Waals surface area contributed by atoms with Gasteiger partial charge in [-0.25, -0.2) is 0 Å². The molecule has 0 N–H and O–H groups in total. The molecule has 0 radical (unpaired) electrons. The first-order chi connectivity index (χ1) is 5.93. The molecule has 1 saturated heterocycles. The van der Waals surface area contributed by atoms with Crippen molar-refractivity contribution in [3.05, 3.63) is 0 Å². The lowest BCUT2D eigenvalue weighted by Gasteiger charge is -2.18. The Kier molecular flexibility index (Phi) is 2.74. The zero-order chi connectivity index (χ0) is 10.1. The van der Waals surface area contributed by atoms with E-state index in [4.69, 9.17) is 0 Å². The molecule has 0 aromatic heterocycles. The Morgan fingerprint density at radius 2 is 2.15 bits per heavy atom. The van der Waals surface area contributed by atoms with Crippen molar-refractivity contribution < 1.29 is 9.59 Å². The summed E-state index contributed by atoms with van der Waals surface area (Å²) < 4.78 is 0. The van der Waals surface area contributed by atoms with E-state index >= 15 is 0 Å². The summed E-state index contributed by atoms with van der Waals surface area (Å²) in [7, 11) is 0. The highest BCUT2D eigenvalue weighted by atomic mass is 16.2. The number of likely N-dealkylation sites (tertiary alicyclic amines) is 1. The third-order valence-corrected chi connectivity index (χ3v) is 2.61. The molecule has 1 fully saturated rings. The van der Waals surface area contributed by atoms with Crippen LogP contribution in [-0.2, 0) is 9.59 Å². The molecule has 1 rings (SSSR count). The van der Waals surface area contributed by atoms with E-state index in [1.165, 1.54) is 0 Å². The summed E-state index contributed by atoms with van der Waals surface area (Å²) in [5.74, 6) is 0.339. The molecule has 0 atom stereocenters. The molecule has 0 aromatic carbocycles. The number of hydrogen-bond donors (Lipinski definition) is 0. The van der Waals surface area contributed by atoms with Gasteiger partial charge in [0.15, 0.2) is 0 Å². The molecule has 0 aromatic rings. The highest BCUT2D eigenvalue weighted by molar-refractivity contribution is 5.84. The van der Waals surface area contributed by atoms with E-state index in [0.29, 0.717) is 13.0 Å². The highest BCUT2D eigenvalue weighted by Gasteiger charge is 2.38. The summed E-state index contributed by atoms with van der Waals surface area (Å²) in [4.78, 5) is 24.2. The molecular formula is C10H17NO2. The average molecular weight is 183 g/mol. The van der Waals surface area contributed by atoms with Crippen LogP contribution in [-0.4, -0.2) is 29.7 Å². The standard InChI is InChI=1S/C10H17NO2/c1-8(12)4-6-11-7-5-10(2,3)9(11)13/h4-7H2,1-3H3. The van der Waals surface area contributed by atoms with E-state index in [-0.39, 0.29) is 17.1 Å². The van der Waals surface area contributed by atoms with Crippen LogP contribution in [0, 0.1) is 5.41 Å². The minimum atomic E-state index is -0.212. The van der Waals surface area contributed by atoms with Gasteiger partial charge in [-0.3, -0.25) is 9.59 Å². The van der Waals surface area contributed by atoms with Crippen molar-refractivity contribution in [2.75, 3.05) is 13.1 Å². The maximum absolute atomic E-state index is 11.7. The summed E-state index contributed by atoms with van der Waals surface area (Å²) in [6.07, 6.45) is 1.39. The Labute approximate surface area is 79.1 Å². The van der Waals surface area contributed by atoms with Crippen LogP contribution in [0.3, 0.4) is 0 Å². The molecule has 0 bridgehead atoms. The fourth-order valence-corrected chi connectivity index (χ4v) is 1.56. The lowest BCUT2D eigenvalue weighted by atomic mass is 9.92. The topological polar surface area (TPSA) is 37.4 Å². The van der Waals surface area contributed by atoms with Crippen molar-refractivity contribution in [3.63, 3.8) is 0 Å². The number of hydrogen-bond acceptors (Lipinski definition) is 2. The number of rotatable bonds is 3. The fourth-order valence-electron chi connectivity index (χ4n) is 1.56. The van der Waals surface area contributed by atoms with Gasteiger partial charge in [-0.15, -0.1) is 0 Å². The Balaban J connectivity index is 2.47. The molecule has 0 unspecified atom stereocenters. The Morgan fingerprint density at radius 1 is 1.54 bits per heavy atom. The molecule has 0 spiro atoms. The second kappa shape index (κ2) is 3.48. The van der Waals surface area contributed by atoms with Gasteiger partial charge in [0.05, 0.1) is 0 Å². The molecule has 0 saturated carbocycles. The SMILES string of the molecule is CC(=O)CCN1CCC(C)(C)C1=O. The third kappa shape index (κ3) is 2.29. The first kappa shape index (κ1) is 10.2. The molecule has 0 aliphatic carbocycles. The third-order valence-electron chi connectivity index (χ3n) is 2.61. The number of nitrogens with zero attached hydrogens (tertiary/aromatic N) is 1. The van der Waals surface area contributed by atoms with Gasteiger partial charge in [0.25, 0.3) is 0 Å². The molecular weight excluding hydrogens is 166 g/mol. The second-order valence-corrected chi connectivity index (χ2v) is 4.38. The van der Waals surface area contributed by atoms with E-state index in [9.17, 15) is 9.59 Å². The van der Waals surface area contributed by atoms with Gasteiger partial charge in [-0.2, -0.15) is 0 Å². The van der Waals surface area contributed by atoms with E-state index in [1.807, 2.05) is 13.8 Å². The van der Waals surface area contributed by atoms with Gasteiger partial charge in [0.1, 0.15) is 5.78 Å². The molecule has 1 heterocycles. The summed E-state index contributed by atoms with van der Waals surface area (Å²) >= 11 is 0. The predicted octanol–water partition coefficient (Wildman–Crippen LogP) is 1.22. The van der Waals surface area contributed by atoms with Crippen LogP contribution in [0.15, 0.2) is 0 Å². The number of ketones is 1. The van der Waals surface area contributed by atoms with Gasteiger partial charge in [-0.05, 0) is 13.3 Å². The summed E-state index contributed by atoms with van der Waals surface area (Å²) in [6.45, 7) is 6.88. The maximum Gasteiger partial charge on any atom is 0.228 e. The monoisotopic (exact) mass is 183 g/mol. The second-order valence-electron chi connectivity index (χ2n) is 4.38. The Morgan fingerprint density at radius 3 is 2.54 bits per heavy atom. The van der Waals surface area contributed by atoms with Crippen LogP contribution in [0.1, 0.15) is 33.6 Å². The quantitative estimate of drug-likeness (QED) is 0.659. The van der Waals surface area contributed by atoms with Crippen molar-refractivity contribution in [3.8, 4) is 0 Å². The van der Waals surface area contributed by atoms with E-state index in [0.717, 1.165) is 13.0 Å². The smallest absolute Gasteiger partial charge is 0.228 e. The lowest BCUT2D eigenvalue weighted by molar-refractivity contribution is -0.134. The van der Waals surface area contributed by atoms with Crippen LogP contribution in [0.5, 0.6) is 0 Å². The summed E-state index contributed by atoms with van der Waals surface area (Å²) in [5.41, 5.74) is -0.212. The van der Waals surface area contributed by atoms with Gasteiger partial charge < -0.3 is 4.90 Å². The molecule has 3 nitrogen and oxygen atoms in total. The van der Waals surface area contributed by atoms with Crippen molar-refractivity contribution >= 4 is 11.7 Å². The van der Waals surface area contributed by atoms with E-state index in [1.54, 1.807) is 11.8 Å². The zero-order valence-electron chi connectivity index (χ0n) is 8.59. The molecule has 1 aliphatic heterocycles. The van der Waals surface area contributed by atoms with Crippen LogP contribution in [0.25, 0.3) is 0 Å². The van der Waals surface area contributed by atoms with Crippen LogP contribution < -0.4 is 0 Å². The number of carbonyl (C=O) groups excluding carboxylic acids is 2. The van der Waals surface area contributed by atoms with Crippen molar-refractivity contribution in [1.29, 1.82) is 0 Å². The Bertz CT molecular complexity index is 233. The highest BCUT2D eigenvalue weighted by Crippen LogP contribution is 2.30. The molecule has 1 amide bonds. The van der Waals surface area contributed by atoms with Crippen molar-refractivity contribution in [2.24, 2.45) is 5.41 Å². The van der Waals surface area contributed by atoms with Crippen LogP contribution in [0.4, 0.5) is 0 Å². The summed E-state index contributed by atoms with van der Waals surface area (Å²) in [6, 6.07) is 0. The molecule has 74 valence electrons. The van der Waals surface area contributed by atoms with Gasteiger partial charge in [0.2, 0.25) is 5.91 Å². The number of Topliss-reactive ketones (excluding diaryl/α,β-unsaturated/α-hetero) is 1. The molecule has 1 aliphatic rings. The zero-order valence-corrected chi connectivity index (χ0v) is 8.59. The number of amides is 1. The Hall–Kier alpha value is -0.860. The first-order valence-electron chi connectivity index (χ1n) is 4.72. The van der Waals surface area contributed by atoms with E-state index < -0.39 is 0 Å². The fraction of sp³-hybridized carbons (Fsp3) is 0.800.